The first-order chi connectivity index (χ1) is 17.7. The summed E-state index contributed by atoms with van der Waals surface area (Å²) < 4.78 is 11.3. The van der Waals surface area contributed by atoms with Crippen molar-refractivity contribution < 1.29 is 24.2 Å². The number of nitrogens with zero attached hydrogens (tertiary/aromatic N) is 1. The Kier molecular flexibility index (Phi) is 6.50. The number of hydrogen-bond acceptors (Lipinski definition) is 5. The lowest BCUT2D eigenvalue weighted by Crippen LogP contribution is -2.31. The highest BCUT2D eigenvalue weighted by atomic mass is 16.6. The topological polar surface area (TPSA) is 76.1 Å². The van der Waals surface area contributed by atoms with Crippen LogP contribution in [-0.4, -0.2) is 41.5 Å². The molecule has 3 aromatic carbocycles. The fourth-order valence-electron chi connectivity index (χ4n) is 4.86. The van der Waals surface area contributed by atoms with Crippen molar-refractivity contribution in [1.29, 1.82) is 0 Å². The molecule has 1 unspecified atom stereocenters. The van der Waals surface area contributed by atoms with E-state index in [-0.39, 0.29) is 16.7 Å². The van der Waals surface area contributed by atoms with E-state index in [4.69, 9.17) is 9.47 Å². The van der Waals surface area contributed by atoms with E-state index in [9.17, 15) is 14.7 Å². The molecule has 37 heavy (non-hydrogen) atoms. The Balaban J connectivity index is 1.58. The zero-order valence-electron chi connectivity index (χ0n) is 21.4. The molecule has 1 fully saturated rings. The molecule has 2 heterocycles. The summed E-state index contributed by atoms with van der Waals surface area (Å²) in [6, 6.07) is 22.1. The van der Waals surface area contributed by atoms with Crippen molar-refractivity contribution in [3.05, 3.63) is 101 Å². The molecule has 1 atom stereocenters. The van der Waals surface area contributed by atoms with Crippen LogP contribution in [0.2, 0.25) is 0 Å². The summed E-state index contributed by atoms with van der Waals surface area (Å²) in [5.41, 5.74) is 3.43. The van der Waals surface area contributed by atoms with E-state index in [0.29, 0.717) is 43.2 Å². The molecule has 2 aliphatic heterocycles. The van der Waals surface area contributed by atoms with Crippen LogP contribution in [0.4, 0.5) is 0 Å². The smallest absolute Gasteiger partial charge is 0.295 e. The molecule has 0 aliphatic carbocycles. The molecule has 5 rings (SSSR count). The lowest BCUT2D eigenvalue weighted by molar-refractivity contribution is -0.139. The molecule has 0 aromatic heterocycles. The standard InChI is InChI=1S/C31H31NO5/c1-31(2,3)23-12-9-21(10-13-23)27-26(28(33)22-11-14-24-25(19-22)37-18-17-36-24)29(34)30(35)32(27)16-15-20-7-5-4-6-8-20/h4-14,19,27,33H,15-18H2,1-3H3. The number of carbonyl (C=O) groups is 2. The third-order valence-corrected chi connectivity index (χ3v) is 6.93. The quantitative estimate of drug-likeness (QED) is 0.289. The molecule has 0 saturated carbocycles. The third-order valence-electron chi connectivity index (χ3n) is 6.93. The largest absolute Gasteiger partial charge is 0.507 e. The lowest BCUT2D eigenvalue weighted by atomic mass is 9.85. The van der Waals surface area contributed by atoms with Gasteiger partial charge in [0.05, 0.1) is 11.6 Å². The molecular formula is C31H31NO5. The van der Waals surface area contributed by atoms with E-state index in [0.717, 1.165) is 16.7 Å². The van der Waals surface area contributed by atoms with Crippen molar-refractivity contribution in [1.82, 2.24) is 4.90 Å². The normalized spacial score (nSPS) is 18.8. The molecule has 1 saturated heterocycles. The second kappa shape index (κ2) is 9.77. The number of aliphatic hydroxyl groups is 1. The van der Waals surface area contributed by atoms with Gasteiger partial charge in [-0.25, -0.2) is 0 Å². The van der Waals surface area contributed by atoms with E-state index in [1.165, 1.54) is 0 Å². The van der Waals surface area contributed by atoms with E-state index >= 15 is 0 Å². The molecule has 0 radical (unpaired) electrons. The van der Waals surface area contributed by atoms with Gasteiger partial charge in [-0.05, 0) is 46.7 Å². The first-order valence-electron chi connectivity index (χ1n) is 12.6. The number of amides is 1. The highest BCUT2D eigenvalue weighted by Crippen LogP contribution is 2.41. The number of hydrogen-bond donors (Lipinski definition) is 1. The summed E-state index contributed by atoms with van der Waals surface area (Å²) in [5.74, 6) is -0.437. The predicted octanol–water partition coefficient (Wildman–Crippen LogP) is 5.42. The number of aliphatic hydroxyl groups excluding tert-OH is 1. The Morgan fingerprint density at radius 3 is 2.27 bits per heavy atom. The van der Waals surface area contributed by atoms with Gasteiger partial charge in [-0.3, -0.25) is 9.59 Å². The van der Waals surface area contributed by atoms with E-state index < -0.39 is 17.7 Å². The summed E-state index contributed by atoms with van der Waals surface area (Å²) in [6.45, 7) is 7.61. The number of carbonyl (C=O) groups excluding carboxylic acids is 2. The fourth-order valence-corrected chi connectivity index (χ4v) is 4.86. The number of ether oxygens (including phenoxy) is 2. The van der Waals surface area contributed by atoms with Gasteiger partial charge in [0, 0.05) is 12.1 Å². The van der Waals surface area contributed by atoms with Crippen LogP contribution in [0, 0.1) is 0 Å². The Bertz CT molecular complexity index is 1350. The Morgan fingerprint density at radius 1 is 0.919 bits per heavy atom. The van der Waals surface area contributed by atoms with Gasteiger partial charge >= 0.3 is 0 Å². The minimum Gasteiger partial charge on any atom is -0.507 e. The van der Waals surface area contributed by atoms with Gasteiger partial charge in [0.15, 0.2) is 11.5 Å². The summed E-state index contributed by atoms with van der Waals surface area (Å²) in [4.78, 5) is 28.3. The Hall–Kier alpha value is -4.06. The maximum absolute atomic E-state index is 13.4. The molecule has 1 amide bonds. The van der Waals surface area contributed by atoms with Crippen LogP contribution in [0.1, 0.15) is 49.1 Å². The summed E-state index contributed by atoms with van der Waals surface area (Å²) in [6.07, 6.45) is 0.592. The second-order valence-electron chi connectivity index (χ2n) is 10.5. The predicted molar refractivity (Wildman–Crippen MR) is 142 cm³/mol. The molecule has 0 bridgehead atoms. The maximum atomic E-state index is 13.4. The second-order valence-corrected chi connectivity index (χ2v) is 10.5. The first-order valence-corrected chi connectivity index (χ1v) is 12.6. The molecular weight excluding hydrogens is 466 g/mol. The van der Waals surface area contributed by atoms with Crippen molar-refractivity contribution >= 4 is 17.4 Å². The lowest BCUT2D eigenvalue weighted by Gasteiger charge is -2.27. The summed E-state index contributed by atoms with van der Waals surface area (Å²) >= 11 is 0. The van der Waals surface area contributed by atoms with Gasteiger partial charge < -0.3 is 19.5 Å². The molecule has 6 heteroatoms. The van der Waals surface area contributed by atoms with Crippen LogP contribution in [0.3, 0.4) is 0 Å². The number of Topliss-reactive ketones (excluding diaryl/α,β-unsaturated/α-hetero) is 1. The van der Waals surface area contributed by atoms with Gasteiger partial charge in [0.25, 0.3) is 11.7 Å². The van der Waals surface area contributed by atoms with E-state index in [2.05, 4.69) is 20.8 Å². The number of ketones is 1. The average molecular weight is 498 g/mol. The average Bonchev–Trinajstić information content (AvgIpc) is 3.16. The number of fused-ring (bicyclic) bond motifs is 1. The zero-order chi connectivity index (χ0) is 26.2. The van der Waals surface area contributed by atoms with Gasteiger partial charge in [0.1, 0.15) is 19.0 Å². The van der Waals surface area contributed by atoms with Crippen LogP contribution in [0.15, 0.2) is 78.4 Å². The van der Waals surface area contributed by atoms with Gasteiger partial charge in [-0.1, -0.05) is 75.4 Å². The summed E-state index contributed by atoms with van der Waals surface area (Å²) in [5, 5.41) is 11.4. The minimum absolute atomic E-state index is 0.0428. The van der Waals surface area contributed by atoms with Crippen molar-refractivity contribution in [2.45, 2.75) is 38.6 Å². The first kappa shape index (κ1) is 24.6. The Labute approximate surface area is 217 Å². The van der Waals surface area contributed by atoms with Crippen LogP contribution >= 0.6 is 0 Å². The van der Waals surface area contributed by atoms with Crippen molar-refractivity contribution in [2.75, 3.05) is 19.8 Å². The Morgan fingerprint density at radius 2 is 1.59 bits per heavy atom. The highest BCUT2D eigenvalue weighted by Gasteiger charge is 2.46. The van der Waals surface area contributed by atoms with E-state index in [1.807, 2.05) is 54.6 Å². The van der Waals surface area contributed by atoms with Crippen molar-refractivity contribution in [3.63, 3.8) is 0 Å². The monoisotopic (exact) mass is 497 g/mol. The van der Waals surface area contributed by atoms with Crippen LogP contribution in [0.25, 0.3) is 5.76 Å². The van der Waals surface area contributed by atoms with Gasteiger partial charge in [-0.2, -0.15) is 0 Å². The number of likely N-dealkylation sites (tertiary alicyclic amines) is 1. The van der Waals surface area contributed by atoms with E-state index in [1.54, 1.807) is 23.1 Å². The van der Waals surface area contributed by atoms with Crippen LogP contribution < -0.4 is 9.47 Å². The number of rotatable bonds is 5. The van der Waals surface area contributed by atoms with Gasteiger partial charge in [0.2, 0.25) is 0 Å². The molecule has 0 spiro atoms. The SMILES string of the molecule is CC(C)(C)c1ccc(C2C(=C(O)c3ccc4c(c3)OCCO4)C(=O)C(=O)N2CCc2ccccc2)cc1. The molecule has 6 nitrogen and oxygen atoms in total. The fraction of sp³-hybridized carbons (Fsp3) is 0.290. The molecule has 3 aromatic rings. The van der Waals surface area contributed by atoms with Crippen molar-refractivity contribution in [3.8, 4) is 11.5 Å². The summed E-state index contributed by atoms with van der Waals surface area (Å²) in [7, 11) is 0. The van der Waals surface area contributed by atoms with Crippen LogP contribution in [-0.2, 0) is 21.4 Å². The minimum atomic E-state index is -0.703. The zero-order valence-corrected chi connectivity index (χ0v) is 21.4. The maximum Gasteiger partial charge on any atom is 0.295 e. The third kappa shape index (κ3) is 4.84. The van der Waals surface area contributed by atoms with Crippen LogP contribution in [0.5, 0.6) is 11.5 Å². The highest BCUT2D eigenvalue weighted by molar-refractivity contribution is 6.46. The molecule has 190 valence electrons. The van der Waals surface area contributed by atoms with Gasteiger partial charge in [-0.15, -0.1) is 0 Å². The molecule has 1 N–H and O–H groups in total. The van der Waals surface area contributed by atoms with Crippen molar-refractivity contribution in [2.24, 2.45) is 0 Å². The number of benzene rings is 3. The molecule has 2 aliphatic rings.